The van der Waals surface area contributed by atoms with E-state index in [9.17, 15) is 17.6 Å². The first-order valence-corrected chi connectivity index (χ1v) is 4.12. The van der Waals surface area contributed by atoms with Gasteiger partial charge in [-0.15, -0.1) is 0 Å². The molecule has 2 nitrogen and oxygen atoms in total. The van der Waals surface area contributed by atoms with Gasteiger partial charge in [0, 0.05) is 7.05 Å². The van der Waals surface area contributed by atoms with Crippen LogP contribution in [0.2, 0.25) is 0 Å². The summed E-state index contributed by atoms with van der Waals surface area (Å²) in [6, 6.07) is 0.704. The molecule has 0 radical (unpaired) electrons. The van der Waals surface area contributed by atoms with Gasteiger partial charge in [-0.05, 0) is 6.07 Å². The fraction of sp³-hybridized carbons (Fsp3) is 0.625. The Morgan fingerprint density at radius 3 is 1.86 bits per heavy atom. The quantitative estimate of drug-likeness (QED) is 0.687. The molecule has 0 N–H and O–H groups in total. The maximum absolute atomic E-state index is 12.0. The number of aromatic nitrogens is 2. The van der Waals surface area contributed by atoms with Crippen LogP contribution in [0.5, 0.6) is 0 Å². The Balaban J connectivity index is 0.000000791. The van der Waals surface area contributed by atoms with Gasteiger partial charge in [-0.1, -0.05) is 13.8 Å². The molecule has 6 heteroatoms. The third kappa shape index (κ3) is 3.01. The largest absolute Gasteiger partial charge is 0.282 e. The van der Waals surface area contributed by atoms with Crippen molar-refractivity contribution in [3.05, 3.63) is 17.5 Å². The number of halogens is 4. The summed E-state index contributed by atoms with van der Waals surface area (Å²) in [7, 11) is 1.20. The van der Waals surface area contributed by atoms with Crippen LogP contribution in [0, 0.1) is 0 Å². The number of hydrogen-bond donors (Lipinski definition) is 0. The SMILES string of the molecule is CC.Cn1nc(C(F)F)cc1C(F)F. The standard InChI is InChI=1S/C6H6F4N2.C2H6/c1-12-4(6(9)10)2-3(11-12)5(7)8;1-2/h2,5-6H,1H3;1-2H3. The van der Waals surface area contributed by atoms with Crippen molar-refractivity contribution in [1.29, 1.82) is 0 Å². The molecule has 0 aliphatic rings. The van der Waals surface area contributed by atoms with E-state index >= 15 is 0 Å². The molecule has 0 saturated carbocycles. The molecule has 0 aromatic carbocycles. The summed E-state index contributed by atoms with van der Waals surface area (Å²) in [5.41, 5.74) is -1.11. The zero-order chi connectivity index (χ0) is 11.3. The van der Waals surface area contributed by atoms with Crippen molar-refractivity contribution in [3.8, 4) is 0 Å². The number of hydrogen-bond acceptors (Lipinski definition) is 1. The van der Waals surface area contributed by atoms with E-state index in [0.717, 1.165) is 4.68 Å². The number of aryl methyl sites for hydroxylation is 1. The minimum Gasteiger partial charge on any atom is -0.266 e. The topological polar surface area (TPSA) is 17.8 Å². The molecular weight excluding hydrogens is 200 g/mol. The second-order valence-electron chi connectivity index (χ2n) is 2.22. The van der Waals surface area contributed by atoms with Gasteiger partial charge in [-0.3, -0.25) is 4.68 Å². The van der Waals surface area contributed by atoms with Crippen LogP contribution in [0.3, 0.4) is 0 Å². The average molecular weight is 212 g/mol. The van der Waals surface area contributed by atoms with Gasteiger partial charge in [0.2, 0.25) is 0 Å². The second-order valence-corrected chi connectivity index (χ2v) is 2.22. The van der Waals surface area contributed by atoms with Crippen LogP contribution in [0.1, 0.15) is 38.1 Å². The van der Waals surface area contributed by atoms with Crippen molar-refractivity contribution in [2.24, 2.45) is 7.05 Å². The van der Waals surface area contributed by atoms with Crippen LogP contribution < -0.4 is 0 Å². The lowest BCUT2D eigenvalue weighted by molar-refractivity contribution is 0.141. The maximum atomic E-state index is 12.0. The van der Waals surface area contributed by atoms with Crippen molar-refractivity contribution < 1.29 is 17.6 Å². The van der Waals surface area contributed by atoms with Crippen LogP contribution in [-0.4, -0.2) is 9.78 Å². The fourth-order valence-electron chi connectivity index (χ4n) is 0.816. The van der Waals surface area contributed by atoms with Gasteiger partial charge < -0.3 is 0 Å². The molecule has 0 bridgehead atoms. The molecule has 0 amide bonds. The van der Waals surface area contributed by atoms with Crippen molar-refractivity contribution in [1.82, 2.24) is 9.78 Å². The number of alkyl halides is 4. The van der Waals surface area contributed by atoms with Crippen LogP contribution in [-0.2, 0) is 7.05 Å². The van der Waals surface area contributed by atoms with E-state index in [2.05, 4.69) is 5.10 Å². The Labute approximate surface area is 79.5 Å². The van der Waals surface area contributed by atoms with Crippen molar-refractivity contribution in [3.63, 3.8) is 0 Å². The van der Waals surface area contributed by atoms with E-state index in [0.29, 0.717) is 6.07 Å². The van der Waals surface area contributed by atoms with Gasteiger partial charge >= 0.3 is 0 Å². The molecule has 0 unspecified atom stereocenters. The lowest BCUT2D eigenvalue weighted by Crippen LogP contribution is -1.98. The van der Waals surface area contributed by atoms with E-state index in [1.807, 2.05) is 13.8 Å². The average Bonchev–Trinajstić information content (AvgIpc) is 2.51. The predicted molar refractivity (Wildman–Crippen MR) is 44.5 cm³/mol. The zero-order valence-electron chi connectivity index (χ0n) is 8.14. The Hall–Kier alpha value is -1.07. The van der Waals surface area contributed by atoms with Crippen molar-refractivity contribution >= 4 is 0 Å². The Morgan fingerprint density at radius 1 is 1.14 bits per heavy atom. The van der Waals surface area contributed by atoms with Gasteiger partial charge in [0.1, 0.15) is 11.4 Å². The molecule has 1 heterocycles. The molecule has 82 valence electrons. The molecule has 0 atom stereocenters. The van der Waals surface area contributed by atoms with E-state index in [1.165, 1.54) is 7.05 Å². The molecule has 0 saturated heterocycles. The first kappa shape index (κ1) is 12.9. The normalized spacial score (nSPS) is 10.4. The Morgan fingerprint density at radius 2 is 1.64 bits per heavy atom. The maximum Gasteiger partial charge on any atom is 0.282 e. The highest BCUT2D eigenvalue weighted by Crippen LogP contribution is 2.23. The summed E-state index contributed by atoms with van der Waals surface area (Å²) in [5, 5.41) is 3.22. The molecule has 0 fully saturated rings. The van der Waals surface area contributed by atoms with Crippen LogP contribution in [0.4, 0.5) is 17.6 Å². The first-order chi connectivity index (χ1) is 6.52. The van der Waals surface area contributed by atoms with Crippen LogP contribution >= 0.6 is 0 Å². The lowest BCUT2D eigenvalue weighted by atomic mass is 10.3. The minimum absolute atomic E-state index is 0.495. The molecular formula is C8H12F4N2. The minimum atomic E-state index is -2.80. The summed E-state index contributed by atoms with van der Waals surface area (Å²) < 4.78 is 48.6. The van der Waals surface area contributed by atoms with Crippen molar-refractivity contribution in [2.75, 3.05) is 0 Å². The second kappa shape index (κ2) is 5.62. The zero-order valence-corrected chi connectivity index (χ0v) is 8.14. The molecule has 0 spiro atoms. The van der Waals surface area contributed by atoms with E-state index in [-0.39, 0.29) is 0 Å². The van der Waals surface area contributed by atoms with E-state index in [1.54, 1.807) is 0 Å². The number of rotatable bonds is 2. The summed E-state index contributed by atoms with van der Waals surface area (Å²) in [6.07, 6.45) is -5.57. The fourth-order valence-corrected chi connectivity index (χ4v) is 0.816. The van der Waals surface area contributed by atoms with Gasteiger partial charge in [0.15, 0.2) is 0 Å². The molecule has 0 aliphatic heterocycles. The highest BCUT2D eigenvalue weighted by molar-refractivity contribution is 5.12. The summed E-state index contributed by atoms with van der Waals surface area (Å²) >= 11 is 0. The smallest absolute Gasteiger partial charge is 0.266 e. The Bertz CT molecular complexity index is 270. The monoisotopic (exact) mass is 212 g/mol. The van der Waals surface area contributed by atoms with Crippen LogP contribution in [0.15, 0.2) is 6.07 Å². The Kier molecular flexibility index (Phi) is 5.19. The number of nitrogens with zero attached hydrogens (tertiary/aromatic N) is 2. The van der Waals surface area contributed by atoms with Gasteiger partial charge in [-0.25, -0.2) is 17.6 Å². The molecule has 14 heavy (non-hydrogen) atoms. The van der Waals surface area contributed by atoms with Crippen LogP contribution in [0.25, 0.3) is 0 Å². The third-order valence-corrected chi connectivity index (χ3v) is 1.38. The summed E-state index contributed by atoms with van der Waals surface area (Å²) in [6.45, 7) is 4.00. The summed E-state index contributed by atoms with van der Waals surface area (Å²) in [5.74, 6) is 0. The molecule has 0 aliphatic carbocycles. The lowest BCUT2D eigenvalue weighted by Gasteiger charge is -1.96. The predicted octanol–water partition coefficient (Wildman–Crippen LogP) is 3.32. The third-order valence-electron chi connectivity index (χ3n) is 1.38. The first-order valence-electron chi connectivity index (χ1n) is 4.12. The highest BCUT2D eigenvalue weighted by atomic mass is 19.3. The van der Waals surface area contributed by atoms with Gasteiger partial charge in [-0.2, -0.15) is 5.10 Å². The molecule has 1 rings (SSSR count). The van der Waals surface area contributed by atoms with E-state index in [4.69, 9.17) is 0 Å². The molecule has 1 aromatic rings. The van der Waals surface area contributed by atoms with Gasteiger partial charge in [0.25, 0.3) is 12.9 Å². The van der Waals surface area contributed by atoms with E-state index < -0.39 is 24.2 Å². The van der Waals surface area contributed by atoms with Crippen molar-refractivity contribution in [2.45, 2.75) is 26.7 Å². The summed E-state index contributed by atoms with van der Waals surface area (Å²) in [4.78, 5) is 0. The van der Waals surface area contributed by atoms with Gasteiger partial charge in [0.05, 0.1) is 0 Å². The molecule has 1 aromatic heterocycles. The highest BCUT2D eigenvalue weighted by Gasteiger charge is 2.18.